The van der Waals surface area contributed by atoms with E-state index in [1.54, 1.807) is 0 Å². The van der Waals surface area contributed by atoms with Crippen LogP contribution in [0, 0.1) is 0 Å². The minimum absolute atomic E-state index is 0.137. The highest BCUT2D eigenvalue weighted by Crippen LogP contribution is 2.29. The molecule has 0 saturated heterocycles. The van der Waals surface area contributed by atoms with Crippen LogP contribution in [0.1, 0.15) is 29.8 Å². The number of hydrogen-bond acceptors (Lipinski definition) is 5. The number of nitrogens with zero attached hydrogens (tertiary/aromatic N) is 1. The largest absolute Gasteiger partial charge is 0.320 e. The second-order valence-electron chi connectivity index (χ2n) is 4.47. The maximum Gasteiger partial charge on any atom is 0.234 e. The minimum Gasteiger partial charge on any atom is -0.320 e. The summed E-state index contributed by atoms with van der Waals surface area (Å²) in [7, 11) is -1.43. The molecule has 2 rings (SSSR count). The van der Waals surface area contributed by atoms with Crippen LogP contribution >= 0.6 is 11.3 Å². The van der Waals surface area contributed by atoms with E-state index in [1.807, 2.05) is 7.05 Å². The molecule has 2 N–H and O–H groups in total. The van der Waals surface area contributed by atoms with Crippen LogP contribution in [-0.4, -0.2) is 32.7 Å². The molecule has 0 fully saturated rings. The molecule has 1 heterocycles. The number of aryl methyl sites for hydroxylation is 2. The van der Waals surface area contributed by atoms with Gasteiger partial charge >= 0.3 is 0 Å². The molecule has 102 valence electrons. The van der Waals surface area contributed by atoms with Crippen LogP contribution in [0.5, 0.6) is 0 Å². The molecule has 5 nitrogen and oxygen atoms in total. The van der Waals surface area contributed by atoms with Crippen LogP contribution in [0.25, 0.3) is 0 Å². The van der Waals surface area contributed by atoms with Crippen molar-refractivity contribution in [1.82, 2.24) is 10.3 Å². The Kier molecular flexibility index (Phi) is 4.58. The van der Waals surface area contributed by atoms with Crippen LogP contribution in [-0.2, 0) is 22.9 Å². The number of rotatable bonds is 6. The summed E-state index contributed by atoms with van der Waals surface area (Å²) in [5.74, 6) is 0.137. The van der Waals surface area contributed by atoms with Gasteiger partial charge in [-0.15, -0.1) is 11.3 Å². The topological polar surface area (TPSA) is 71.1 Å². The zero-order valence-electron chi connectivity index (χ0n) is 10.5. The van der Waals surface area contributed by atoms with Crippen molar-refractivity contribution in [1.29, 1.82) is 0 Å². The Bertz CT molecular complexity index is 473. The number of anilines is 1. The van der Waals surface area contributed by atoms with Crippen molar-refractivity contribution in [3.05, 3.63) is 10.6 Å². The lowest BCUT2D eigenvalue weighted by Gasteiger charge is -2.06. The molecule has 0 aromatic carbocycles. The normalized spacial score (nSPS) is 15.4. The number of sulfonamides is 1. The van der Waals surface area contributed by atoms with Crippen molar-refractivity contribution in [2.45, 2.75) is 32.1 Å². The Labute approximate surface area is 112 Å². The molecule has 1 aromatic heterocycles. The second-order valence-corrected chi connectivity index (χ2v) is 7.40. The molecule has 1 aromatic rings. The van der Waals surface area contributed by atoms with Crippen LogP contribution in [0.3, 0.4) is 0 Å². The third kappa shape index (κ3) is 3.66. The fourth-order valence-corrected chi connectivity index (χ4v) is 4.41. The van der Waals surface area contributed by atoms with E-state index in [0.717, 1.165) is 25.0 Å². The molecule has 0 unspecified atom stereocenters. The summed E-state index contributed by atoms with van der Waals surface area (Å²) in [4.78, 5) is 5.62. The molecule has 0 amide bonds. The van der Waals surface area contributed by atoms with Gasteiger partial charge in [0.2, 0.25) is 10.0 Å². The van der Waals surface area contributed by atoms with Gasteiger partial charge in [-0.3, -0.25) is 4.72 Å². The van der Waals surface area contributed by atoms with Gasteiger partial charge in [-0.1, -0.05) is 0 Å². The first-order valence-corrected chi connectivity index (χ1v) is 8.71. The average Bonchev–Trinajstić information content (AvgIpc) is 2.70. The fourth-order valence-electron chi connectivity index (χ4n) is 2.02. The summed E-state index contributed by atoms with van der Waals surface area (Å²) in [6, 6.07) is 0. The van der Waals surface area contributed by atoms with Crippen LogP contribution in [0.4, 0.5) is 5.13 Å². The summed E-state index contributed by atoms with van der Waals surface area (Å²) in [6.07, 6.45) is 4.97. The van der Waals surface area contributed by atoms with Crippen LogP contribution < -0.4 is 10.0 Å². The molecule has 0 spiro atoms. The van der Waals surface area contributed by atoms with Crippen molar-refractivity contribution in [2.24, 2.45) is 0 Å². The van der Waals surface area contributed by atoms with Crippen molar-refractivity contribution in [2.75, 3.05) is 24.1 Å². The molecule has 1 aliphatic rings. The molecule has 0 bridgehead atoms. The second kappa shape index (κ2) is 5.99. The molecule has 0 radical (unpaired) electrons. The van der Waals surface area contributed by atoms with E-state index in [9.17, 15) is 8.42 Å². The van der Waals surface area contributed by atoms with Crippen molar-refractivity contribution in [3.63, 3.8) is 0 Å². The quantitative estimate of drug-likeness (QED) is 0.776. The van der Waals surface area contributed by atoms with Gasteiger partial charge in [-0.25, -0.2) is 13.4 Å². The van der Waals surface area contributed by atoms with E-state index in [-0.39, 0.29) is 5.75 Å². The highest BCUT2D eigenvalue weighted by molar-refractivity contribution is 7.92. The number of nitrogens with one attached hydrogen (secondary N) is 2. The summed E-state index contributed by atoms with van der Waals surface area (Å²) < 4.78 is 26.2. The van der Waals surface area contributed by atoms with Gasteiger partial charge in [0.05, 0.1) is 11.4 Å². The SMILES string of the molecule is CNCCCS(=O)(=O)Nc1nc2c(s1)CCCC2. The molecule has 0 saturated carbocycles. The maximum atomic E-state index is 11.8. The Morgan fingerprint density at radius 2 is 2.11 bits per heavy atom. The first kappa shape index (κ1) is 13.8. The maximum absolute atomic E-state index is 11.8. The van der Waals surface area contributed by atoms with E-state index in [0.29, 0.717) is 18.1 Å². The monoisotopic (exact) mass is 289 g/mol. The summed E-state index contributed by atoms with van der Waals surface area (Å²) in [5, 5.41) is 3.47. The van der Waals surface area contributed by atoms with Gasteiger partial charge in [-0.2, -0.15) is 0 Å². The lowest BCUT2D eigenvalue weighted by molar-refractivity contribution is 0.597. The van der Waals surface area contributed by atoms with Gasteiger partial charge in [0.1, 0.15) is 0 Å². The fraction of sp³-hybridized carbons (Fsp3) is 0.727. The molecule has 1 aliphatic carbocycles. The van der Waals surface area contributed by atoms with E-state index in [2.05, 4.69) is 15.0 Å². The highest BCUT2D eigenvalue weighted by atomic mass is 32.2. The van der Waals surface area contributed by atoms with Gasteiger partial charge < -0.3 is 5.32 Å². The Hall–Kier alpha value is -0.660. The first-order valence-electron chi connectivity index (χ1n) is 6.24. The Morgan fingerprint density at radius 3 is 2.83 bits per heavy atom. The van der Waals surface area contributed by atoms with Gasteiger partial charge in [0, 0.05) is 4.88 Å². The number of thiazole rings is 1. The van der Waals surface area contributed by atoms with Crippen molar-refractivity contribution < 1.29 is 8.42 Å². The predicted octanol–water partition coefficient (Wildman–Crippen LogP) is 1.37. The van der Waals surface area contributed by atoms with Gasteiger partial charge in [-0.05, 0) is 45.7 Å². The number of hydrogen-bond donors (Lipinski definition) is 2. The zero-order chi connectivity index (χ0) is 13.0. The molecule has 18 heavy (non-hydrogen) atoms. The molecular formula is C11H19N3O2S2. The summed E-state index contributed by atoms with van der Waals surface area (Å²) in [5.41, 5.74) is 1.08. The first-order chi connectivity index (χ1) is 8.61. The third-order valence-electron chi connectivity index (χ3n) is 2.93. The lowest BCUT2D eigenvalue weighted by Crippen LogP contribution is -2.20. The van der Waals surface area contributed by atoms with E-state index in [4.69, 9.17) is 0 Å². The van der Waals surface area contributed by atoms with Crippen LogP contribution in [0.15, 0.2) is 0 Å². The standard InChI is InChI=1S/C11H19N3O2S2/c1-12-7-4-8-18(15,16)14-11-13-9-5-2-3-6-10(9)17-11/h12H,2-8H2,1H3,(H,13,14). The molecule has 7 heteroatoms. The van der Waals surface area contributed by atoms with E-state index in [1.165, 1.54) is 22.6 Å². The van der Waals surface area contributed by atoms with E-state index >= 15 is 0 Å². The zero-order valence-corrected chi connectivity index (χ0v) is 12.2. The predicted molar refractivity (Wildman–Crippen MR) is 74.7 cm³/mol. The summed E-state index contributed by atoms with van der Waals surface area (Å²) in [6.45, 7) is 0.704. The van der Waals surface area contributed by atoms with E-state index < -0.39 is 10.0 Å². The average molecular weight is 289 g/mol. The molecule has 0 atom stereocenters. The third-order valence-corrected chi connectivity index (χ3v) is 5.46. The molecule has 0 aliphatic heterocycles. The van der Waals surface area contributed by atoms with Gasteiger partial charge in [0.25, 0.3) is 0 Å². The van der Waals surface area contributed by atoms with Gasteiger partial charge in [0.15, 0.2) is 5.13 Å². The molecular weight excluding hydrogens is 270 g/mol. The van der Waals surface area contributed by atoms with Crippen LogP contribution in [0.2, 0.25) is 0 Å². The number of fused-ring (bicyclic) bond motifs is 1. The lowest BCUT2D eigenvalue weighted by atomic mass is 10.0. The highest BCUT2D eigenvalue weighted by Gasteiger charge is 2.18. The summed E-state index contributed by atoms with van der Waals surface area (Å²) >= 11 is 1.48. The Balaban J connectivity index is 1.98. The minimum atomic E-state index is -3.25. The van der Waals surface area contributed by atoms with Crippen molar-refractivity contribution in [3.8, 4) is 0 Å². The smallest absolute Gasteiger partial charge is 0.234 e. The number of aromatic nitrogens is 1. The Morgan fingerprint density at radius 1 is 1.33 bits per heavy atom. The van der Waals surface area contributed by atoms with Crippen molar-refractivity contribution >= 4 is 26.5 Å².